The molecule has 1 aliphatic carbocycles. The Hall–Kier alpha value is -1.62. The molecule has 3 rings (SSSR count). The van der Waals surface area contributed by atoms with Crippen molar-refractivity contribution in [3.8, 4) is 0 Å². The number of anilines is 1. The average Bonchev–Trinajstić information content (AvgIpc) is 2.97. The number of thiophene rings is 1. The molecular weight excluding hydrogens is 234 g/mol. The SMILES string of the molecule is O=C(Nc1ncc[nH]1)C1CCCc2sccc21. The van der Waals surface area contributed by atoms with E-state index in [4.69, 9.17) is 0 Å². The van der Waals surface area contributed by atoms with Gasteiger partial charge in [0, 0.05) is 17.3 Å². The zero-order valence-corrected chi connectivity index (χ0v) is 10.1. The van der Waals surface area contributed by atoms with Crippen LogP contribution in [0.1, 0.15) is 29.2 Å². The molecule has 1 unspecified atom stereocenters. The molecular formula is C12H13N3OS. The Morgan fingerprint density at radius 3 is 3.35 bits per heavy atom. The summed E-state index contributed by atoms with van der Waals surface area (Å²) in [7, 11) is 0. The number of imidazole rings is 1. The van der Waals surface area contributed by atoms with Gasteiger partial charge in [-0.1, -0.05) is 0 Å². The van der Waals surface area contributed by atoms with Gasteiger partial charge in [0.25, 0.3) is 0 Å². The van der Waals surface area contributed by atoms with E-state index < -0.39 is 0 Å². The van der Waals surface area contributed by atoms with Gasteiger partial charge in [-0.05, 0) is 36.3 Å². The zero-order valence-electron chi connectivity index (χ0n) is 9.27. The summed E-state index contributed by atoms with van der Waals surface area (Å²) in [6.07, 6.45) is 6.45. The molecule has 0 radical (unpaired) electrons. The largest absolute Gasteiger partial charge is 0.331 e. The van der Waals surface area contributed by atoms with E-state index in [0.29, 0.717) is 5.95 Å². The highest BCUT2D eigenvalue weighted by molar-refractivity contribution is 7.10. The topological polar surface area (TPSA) is 57.8 Å². The number of nitrogens with one attached hydrogen (secondary N) is 2. The van der Waals surface area contributed by atoms with Gasteiger partial charge in [-0.15, -0.1) is 11.3 Å². The number of carbonyl (C=O) groups is 1. The standard InChI is InChI=1S/C12H13N3OS/c16-11(15-12-13-5-6-14-12)9-2-1-3-10-8(9)4-7-17-10/h4-7,9H,1-3H2,(H2,13,14,15,16). The number of aromatic amines is 1. The molecule has 17 heavy (non-hydrogen) atoms. The van der Waals surface area contributed by atoms with Gasteiger partial charge in [0.1, 0.15) is 0 Å². The maximum Gasteiger partial charge on any atom is 0.234 e. The summed E-state index contributed by atoms with van der Waals surface area (Å²) in [5, 5.41) is 4.89. The maximum atomic E-state index is 12.2. The molecule has 2 aromatic rings. The Bertz CT molecular complexity index is 518. The fraction of sp³-hybridized carbons (Fsp3) is 0.333. The monoisotopic (exact) mass is 247 g/mol. The van der Waals surface area contributed by atoms with E-state index in [2.05, 4.69) is 26.7 Å². The number of hydrogen-bond donors (Lipinski definition) is 2. The second-order valence-electron chi connectivity index (χ2n) is 4.17. The van der Waals surface area contributed by atoms with E-state index >= 15 is 0 Å². The van der Waals surface area contributed by atoms with Crippen LogP contribution in [0.4, 0.5) is 5.95 Å². The number of hydrogen-bond acceptors (Lipinski definition) is 3. The third kappa shape index (κ3) is 1.98. The lowest BCUT2D eigenvalue weighted by Gasteiger charge is -2.21. The Morgan fingerprint density at radius 2 is 2.53 bits per heavy atom. The number of rotatable bonds is 2. The molecule has 2 N–H and O–H groups in total. The van der Waals surface area contributed by atoms with Gasteiger partial charge < -0.3 is 4.98 Å². The summed E-state index contributed by atoms with van der Waals surface area (Å²) in [6, 6.07) is 2.07. The minimum atomic E-state index is -0.0184. The van der Waals surface area contributed by atoms with Crippen LogP contribution in [0.3, 0.4) is 0 Å². The van der Waals surface area contributed by atoms with Crippen molar-refractivity contribution >= 4 is 23.2 Å². The highest BCUT2D eigenvalue weighted by atomic mass is 32.1. The van der Waals surface area contributed by atoms with Crippen molar-refractivity contribution in [2.75, 3.05) is 5.32 Å². The molecule has 0 saturated heterocycles. The lowest BCUT2D eigenvalue weighted by molar-refractivity contribution is -0.117. The minimum Gasteiger partial charge on any atom is -0.331 e. The van der Waals surface area contributed by atoms with Gasteiger partial charge in [0.15, 0.2) is 0 Å². The summed E-state index contributed by atoms with van der Waals surface area (Å²) >= 11 is 1.75. The molecule has 2 aromatic heterocycles. The molecule has 2 heterocycles. The van der Waals surface area contributed by atoms with E-state index in [-0.39, 0.29) is 11.8 Å². The van der Waals surface area contributed by atoms with Crippen LogP contribution in [-0.4, -0.2) is 15.9 Å². The molecule has 88 valence electrons. The number of nitrogens with zero attached hydrogens (tertiary/aromatic N) is 1. The quantitative estimate of drug-likeness (QED) is 0.856. The summed E-state index contributed by atoms with van der Waals surface area (Å²) in [4.78, 5) is 20.4. The molecule has 0 spiro atoms. The molecule has 0 aromatic carbocycles. The highest BCUT2D eigenvalue weighted by Gasteiger charge is 2.27. The Kier molecular flexibility index (Phi) is 2.68. The van der Waals surface area contributed by atoms with Gasteiger partial charge >= 0.3 is 0 Å². The first-order valence-electron chi connectivity index (χ1n) is 5.71. The van der Waals surface area contributed by atoms with Gasteiger partial charge in [-0.3, -0.25) is 10.1 Å². The molecule has 4 nitrogen and oxygen atoms in total. The van der Waals surface area contributed by atoms with Crippen LogP contribution < -0.4 is 5.32 Å². The number of carbonyl (C=O) groups excluding carboxylic acids is 1. The van der Waals surface area contributed by atoms with E-state index in [1.165, 1.54) is 10.4 Å². The van der Waals surface area contributed by atoms with Crippen molar-refractivity contribution in [2.45, 2.75) is 25.2 Å². The lowest BCUT2D eigenvalue weighted by atomic mass is 9.87. The van der Waals surface area contributed by atoms with E-state index in [0.717, 1.165) is 19.3 Å². The lowest BCUT2D eigenvalue weighted by Crippen LogP contribution is -2.24. The molecule has 0 aliphatic heterocycles. The summed E-state index contributed by atoms with van der Waals surface area (Å²) < 4.78 is 0. The van der Waals surface area contributed by atoms with E-state index in [1.54, 1.807) is 23.7 Å². The zero-order chi connectivity index (χ0) is 11.7. The predicted octanol–water partition coefficient (Wildman–Crippen LogP) is 2.53. The van der Waals surface area contributed by atoms with Crippen molar-refractivity contribution in [2.24, 2.45) is 0 Å². The fourth-order valence-electron chi connectivity index (χ4n) is 2.30. The van der Waals surface area contributed by atoms with Crippen molar-refractivity contribution in [1.82, 2.24) is 9.97 Å². The number of H-pyrrole nitrogens is 1. The minimum absolute atomic E-state index is 0.0184. The van der Waals surface area contributed by atoms with Gasteiger partial charge in [0.05, 0.1) is 5.92 Å². The molecule has 1 amide bonds. The summed E-state index contributed by atoms with van der Waals surface area (Å²) in [5.41, 5.74) is 1.20. The molecule has 0 saturated carbocycles. The second-order valence-corrected chi connectivity index (χ2v) is 5.17. The van der Waals surface area contributed by atoms with Crippen LogP contribution in [0.5, 0.6) is 0 Å². The molecule has 0 bridgehead atoms. The predicted molar refractivity (Wildman–Crippen MR) is 67.2 cm³/mol. The molecule has 1 atom stereocenters. The molecule has 0 fully saturated rings. The van der Waals surface area contributed by atoms with Crippen LogP contribution in [0.25, 0.3) is 0 Å². The van der Waals surface area contributed by atoms with Gasteiger partial charge in [0.2, 0.25) is 11.9 Å². The number of aromatic nitrogens is 2. The van der Waals surface area contributed by atoms with Crippen molar-refractivity contribution < 1.29 is 4.79 Å². The normalized spacial score (nSPS) is 18.7. The third-order valence-corrected chi connectivity index (χ3v) is 4.10. The average molecular weight is 247 g/mol. The first kappa shape index (κ1) is 10.5. The van der Waals surface area contributed by atoms with Gasteiger partial charge in [-0.2, -0.15) is 0 Å². The smallest absolute Gasteiger partial charge is 0.234 e. The van der Waals surface area contributed by atoms with E-state index in [9.17, 15) is 4.79 Å². The van der Waals surface area contributed by atoms with Crippen LogP contribution in [-0.2, 0) is 11.2 Å². The highest BCUT2D eigenvalue weighted by Crippen LogP contribution is 2.35. The first-order valence-corrected chi connectivity index (χ1v) is 6.59. The number of amides is 1. The Labute approximate surface area is 103 Å². The second kappa shape index (κ2) is 4.33. The van der Waals surface area contributed by atoms with Crippen molar-refractivity contribution in [3.05, 3.63) is 34.3 Å². The third-order valence-electron chi connectivity index (χ3n) is 3.11. The Morgan fingerprint density at radius 1 is 1.59 bits per heavy atom. The maximum absolute atomic E-state index is 12.2. The van der Waals surface area contributed by atoms with Crippen molar-refractivity contribution in [1.29, 1.82) is 0 Å². The first-order chi connectivity index (χ1) is 8.34. The summed E-state index contributed by atoms with van der Waals surface area (Å²) in [5.74, 6) is 0.548. The number of aryl methyl sites for hydroxylation is 1. The Balaban J connectivity index is 1.80. The molecule has 1 aliphatic rings. The van der Waals surface area contributed by atoms with Gasteiger partial charge in [-0.25, -0.2) is 4.98 Å². The van der Waals surface area contributed by atoms with Crippen LogP contribution >= 0.6 is 11.3 Å². The fourth-order valence-corrected chi connectivity index (χ4v) is 3.28. The van der Waals surface area contributed by atoms with Crippen molar-refractivity contribution in [3.63, 3.8) is 0 Å². The van der Waals surface area contributed by atoms with E-state index in [1.807, 2.05) is 0 Å². The van der Waals surface area contributed by atoms with Crippen LogP contribution in [0.15, 0.2) is 23.8 Å². The van der Waals surface area contributed by atoms with Crippen LogP contribution in [0, 0.1) is 0 Å². The number of fused-ring (bicyclic) bond motifs is 1. The molecule has 5 heteroatoms. The van der Waals surface area contributed by atoms with Crippen LogP contribution in [0.2, 0.25) is 0 Å². The summed E-state index contributed by atoms with van der Waals surface area (Å²) in [6.45, 7) is 0.